The van der Waals surface area contributed by atoms with Gasteiger partial charge >= 0.3 is 0 Å². The second-order valence-corrected chi connectivity index (χ2v) is 4.88. The smallest absolute Gasteiger partial charge is 0.0722 e. The lowest BCUT2D eigenvalue weighted by molar-refractivity contribution is 0.641. The van der Waals surface area contributed by atoms with Crippen LogP contribution in [0.5, 0.6) is 0 Å². The number of rotatable bonds is 4. The zero-order valence-electron chi connectivity index (χ0n) is 11.5. The van der Waals surface area contributed by atoms with Gasteiger partial charge in [0.1, 0.15) is 0 Å². The van der Waals surface area contributed by atoms with Gasteiger partial charge in [0, 0.05) is 36.8 Å². The van der Waals surface area contributed by atoms with Crippen LogP contribution in [0.15, 0.2) is 48.8 Å². The molecular weight excluding hydrogens is 248 g/mol. The Morgan fingerprint density at radius 1 is 1.20 bits per heavy atom. The number of aromatic nitrogens is 3. The summed E-state index contributed by atoms with van der Waals surface area (Å²) in [5.41, 5.74) is 9.55. The van der Waals surface area contributed by atoms with Gasteiger partial charge in [0.2, 0.25) is 0 Å². The molecule has 0 saturated heterocycles. The number of nitrogens with zero attached hydrogens (tertiary/aromatic N) is 3. The minimum atomic E-state index is -0.0766. The molecule has 0 spiro atoms. The van der Waals surface area contributed by atoms with E-state index in [1.807, 2.05) is 35.1 Å². The second kappa shape index (κ2) is 5.43. The van der Waals surface area contributed by atoms with Gasteiger partial charge in [0.15, 0.2) is 0 Å². The van der Waals surface area contributed by atoms with Gasteiger partial charge in [0.05, 0.1) is 11.2 Å². The number of pyridine rings is 1. The fourth-order valence-corrected chi connectivity index (χ4v) is 2.51. The van der Waals surface area contributed by atoms with Crippen LogP contribution in [0.2, 0.25) is 0 Å². The van der Waals surface area contributed by atoms with Crippen LogP contribution in [0.25, 0.3) is 10.9 Å². The Morgan fingerprint density at radius 2 is 2.05 bits per heavy atom. The molecule has 3 aromatic rings. The van der Waals surface area contributed by atoms with Crippen LogP contribution in [-0.2, 0) is 13.0 Å². The molecule has 2 aromatic heterocycles. The van der Waals surface area contributed by atoms with Crippen LogP contribution < -0.4 is 5.73 Å². The zero-order chi connectivity index (χ0) is 13.9. The van der Waals surface area contributed by atoms with E-state index in [2.05, 4.69) is 29.1 Å². The van der Waals surface area contributed by atoms with Gasteiger partial charge in [-0.1, -0.05) is 24.3 Å². The van der Waals surface area contributed by atoms with Crippen molar-refractivity contribution in [3.63, 3.8) is 0 Å². The molecule has 1 atom stereocenters. The number of para-hydroxylation sites is 1. The van der Waals surface area contributed by atoms with Crippen LogP contribution in [0.4, 0.5) is 0 Å². The lowest BCUT2D eigenvalue weighted by atomic mass is 10.0. The highest BCUT2D eigenvalue weighted by Gasteiger charge is 2.14. The minimum Gasteiger partial charge on any atom is -0.324 e. The number of hydrogen-bond donors (Lipinski definition) is 1. The molecule has 4 heteroatoms. The minimum absolute atomic E-state index is 0.0766. The van der Waals surface area contributed by atoms with Crippen LogP contribution >= 0.6 is 0 Å². The third-order valence-corrected chi connectivity index (χ3v) is 3.56. The predicted molar refractivity (Wildman–Crippen MR) is 80.3 cm³/mol. The quantitative estimate of drug-likeness (QED) is 0.790. The van der Waals surface area contributed by atoms with E-state index in [-0.39, 0.29) is 6.04 Å². The molecular formula is C16H18N4. The molecule has 2 N–H and O–H groups in total. The Morgan fingerprint density at radius 3 is 2.80 bits per heavy atom. The van der Waals surface area contributed by atoms with Gasteiger partial charge in [0.25, 0.3) is 0 Å². The number of hydrogen-bond acceptors (Lipinski definition) is 3. The first-order valence-electron chi connectivity index (χ1n) is 6.89. The van der Waals surface area contributed by atoms with E-state index in [1.54, 1.807) is 6.20 Å². The zero-order valence-corrected chi connectivity index (χ0v) is 11.5. The van der Waals surface area contributed by atoms with Crippen molar-refractivity contribution in [2.24, 2.45) is 5.73 Å². The summed E-state index contributed by atoms with van der Waals surface area (Å²) < 4.78 is 2.03. The molecule has 0 fully saturated rings. The Labute approximate surface area is 118 Å². The molecule has 0 aliphatic carbocycles. The van der Waals surface area contributed by atoms with Crippen molar-refractivity contribution in [2.45, 2.75) is 25.9 Å². The lowest BCUT2D eigenvalue weighted by Crippen LogP contribution is -2.14. The van der Waals surface area contributed by atoms with Crippen LogP contribution in [0.1, 0.15) is 24.2 Å². The van der Waals surface area contributed by atoms with Gasteiger partial charge in [-0.15, -0.1) is 0 Å². The predicted octanol–water partition coefficient (Wildman–Crippen LogP) is 2.69. The molecule has 1 aromatic carbocycles. The maximum absolute atomic E-state index is 6.28. The van der Waals surface area contributed by atoms with E-state index in [1.165, 1.54) is 10.9 Å². The van der Waals surface area contributed by atoms with Crippen molar-refractivity contribution in [1.29, 1.82) is 0 Å². The van der Waals surface area contributed by atoms with E-state index < -0.39 is 0 Å². The van der Waals surface area contributed by atoms with Gasteiger partial charge in [-0.05, 0) is 24.6 Å². The molecule has 2 heterocycles. The molecule has 0 aliphatic rings. The van der Waals surface area contributed by atoms with Gasteiger partial charge < -0.3 is 5.73 Å². The number of aryl methyl sites for hydroxylation is 1. The monoisotopic (exact) mass is 266 g/mol. The maximum Gasteiger partial charge on any atom is 0.0722 e. The Hall–Kier alpha value is -2.20. The number of nitrogens with two attached hydrogens (primary N) is 1. The molecule has 20 heavy (non-hydrogen) atoms. The number of fused-ring (bicyclic) bond motifs is 1. The average molecular weight is 266 g/mol. The third-order valence-electron chi connectivity index (χ3n) is 3.56. The van der Waals surface area contributed by atoms with Gasteiger partial charge in [-0.3, -0.25) is 9.67 Å². The Balaban J connectivity index is 1.95. The molecule has 0 bridgehead atoms. The van der Waals surface area contributed by atoms with E-state index >= 15 is 0 Å². The molecule has 0 aliphatic heterocycles. The lowest BCUT2D eigenvalue weighted by Gasteiger charge is -2.09. The molecule has 0 radical (unpaired) electrons. The number of benzene rings is 1. The van der Waals surface area contributed by atoms with E-state index in [9.17, 15) is 0 Å². The SMILES string of the molecule is CCn1nc(CC(N)c2cccnc2)c2ccccc21. The molecule has 102 valence electrons. The van der Waals surface area contributed by atoms with Crippen molar-refractivity contribution < 1.29 is 0 Å². The fraction of sp³-hybridized carbons (Fsp3) is 0.250. The first-order chi connectivity index (χ1) is 9.79. The van der Waals surface area contributed by atoms with Crippen molar-refractivity contribution in [2.75, 3.05) is 0 Å². The summed E-state index contributed by atoms with van der Waals surface area (Å²) in [5, 5.41) is 5.88. The Kier molecular flexibility index (Phi) is 3.48. The summed E-state index contributed by atoms with van der Waals surface area (Å²) in [4.78, 5) is 4.13. The van der Waals surface area contributed by atoms with Crippen LogP contribution in [0, 0.1) is 0 Å². The van der Waals surface area contributed by atoms with Crippen molar-refractivity contribution in [3.8, 4) is 0 Å². The normalized spacial score (nSPS) is 12.7. The van der Waals surface area contributed by atoms with Crippen molar-refractivity contribution >= 4 is 10.9 Å². The van der Waals surface area contributed by atoms with E-state index in [4.69, 9.17) is 5.73 Å². The largest absolute Gasteiger partial charge is 0.324 e. The highest BCUT2D eigenvalue weighted by Crippen LogP contribution is 2.22. The van der Waals surface area contributed by atoms with Crippen molar-refractivity contribution in [3.05, 3.63) is 60.0 Å². The summed E-state index contributed by atoms with van der Waals surface area (Å²) in [7, 11) is 0. The first-order valence-corrected chi connectivity index (χ1v) is 6.89. The van der Waals surface area contributed by atoms with Gasteiger partial charge in [-0.25, -0.2) is 0 Å². The summed E-state index contributed by atoms with van der Waals surface area (Å²) in [6.07, 6.45) is 4.31. The summed E-state index contributed by atoms with van der Waals surface area (Å²) in [5.74, 6) is 0. The molecule has 0 amide bonds. The standard InChI is InChI=1S/C16H18N4/c1-2-20-16-8-4-3-7-13(16)15(19-20)10-14(17)12-6-5-9-18-11-12/h3-9,11,14H,2,10,17H2,1H3. The van der Waals surface area contributed by atoms with E-state index in [0.29, 0.717) is 0 Å². The molecule has 1 unspecified atom stereocenters. The highest BCUT2D eigenvalue weighted by molar-refractivity contribution is 5.82. The average Bonchev–Trinajstić information content (AvgIpc) is 2.86. The summed E-state index contributed by atoms with van der Waals surface area (Å²) in [6, 6.07) is 12.1. The third kappa shape index (κ3) is 2.30. The van der Waals surface area contributed by atoms with Crippen LogP contribution in [-0.4, -0.2) is 14.8 Å². The molecule has 3 rings (SSSR count). The van der Waals surface area contributed by atoms with Crippen LogP contribution in [0.3, 0.4) is 0 Å². The molecule has 0 saturated carbocycles. The Bertz CT molecular complexity index is 703. The van der Waals surface area contributed by atoms with Gasteiger partial charge in [-0.2, -0.15) is 5.10 Å². The summed E-state index contributed by atoms with van der Waals surface area (Å²) >= 11 is 0. The van der Waals surface area contributed by atoms with Crippen molar-refractivity contribution in [1.82, 2.24) is 14.8 Å². The topological polar surface area (TPSA) is 56.7 Å². The highest BCUT2D eigenvalue weighted by atomic mass is 15.3. The second-order valence-electron chi connectivity index (χ2n) is 4.88. The van der Waals surface area contributed by atoms with E-state index in [0.717, 1.165) is 24.2 Å². The first kappa shape index (κ1) is 12.8. The molecule has 4 nitrogen and oxygen atoms in total. The maximum atomic E-state index is 6.28. The fourth-order valence-electron chi connectivity index (χ4n) is 2.51. The summed E-state index contributed by atoms with van der Waals surface area (Å²) in [6.45, 7) is 2.97.